The summed E-state index contributed by atoms with van der Waals surface area (Å²) in [7, 11) is 0. The minimum atomic E-state index is 0.108. The molecule has 0 saturated heterocycles. The highest BCUT2D eigenvalue weighted by Gasteiger charge is 2.03. The van der Waals surface area contributed by atoms with E-state index in [4.69, 9.17) is 0 Å². The van der Waals surface area contributed by atoms with E-state index in [1.54, 1.807) is 27.2 Å². The maximum atomic E-state index is 12.2. The van der Waals surface area contributed by atoms with Crippen molar-refractivity contribution in [2.45, 2.75) is 13.1 Å². The van der Waals surface area contributed by atoms with Crippen molar-refractivity contribution in [3.8, 4) is 0 Å². The molecule has 3 heterocycles. The molecule has 0 atom stereocenters. The smallest absolute Gasteiger partial charge is 0.259 e. The monoisotopic (exact) mass is 290 g/mol. The zero-order valence-electron chi connectivity index (χ0n) is 10.3. The molecule has 3 rings (SSSR count). The Bertz CT molecular complexity index is 712. The fourth-order valence-corrected chi connectivity index (χ4v) is 3.45. The van der Waals surface area contributed by atoms with Crippen LogP contribution in [0.1, 0.15) is 4.88 Å². The van der Waals surface area contributed by atoms with Gasteiger partial charge in [0.15, 0.2) is 0 Å². The molecule has 0 aliphatic rings. The van der Waals surface area contributed by atoms with E-state index in [-0.39, 0.29) is 5.56 Å². The number of pyridine rings is 1. The third-order valence-electron chi connectivity index (χ3n) is 3.00. The maximum absolute atomic E-state index is 12.2. The van der Waals surface area contributed by atoms with Crippen LogP contribution in [0.3, 0.4) is 0 Å². The largest absolute Gasteiger partial charge is 0.314 e. The molecule has 1 N–H and O–H groups in total. The van der Waals surface area contributed by atoms with Gasteiger partial charge in [0.2, 0.25) is 0 Å². The molecule has 0 bridgehead atoms. The Hall–Kier alpha value is -1.43. The summed E-state index contributed by atoms with van der Waals surface area (Å²) in [6.07, 6.45) is 1.88. The van der Waals surface area contributed by atoms with Gasteiger partial charge in [0.25, 0.3) is 5.56 Å². The molecule has 0 aliphatic heterocycles. The van der Waals surface area contributed by atoms with Crippen LogP contribution in [0, 0.1) is 0 Å². The topological polar surface area (TPSA) is 34.0 Å². The molecule has 0 amide bonds. The zero-order valence-corrected chi connectivity index (χ0v) is 12.0. The fraction of sp³-hybridized carbons (Fsp3) is 0.214. The van der Waals surface area contributed by atoms with Crippen molar-refractivity contribution in [3.05, 3.63) is 56.5 Å². The first-order valence-corrected chi connectivity index (χ1v) is 7.90. The molecule has 0 aliphatic carbocycles. The van der Waals surface area contributed by atoms with Gasteiger partial charge in [-0.15, -0.1) is 22.7 Å². The van der Waals surface area contributed by atoms with E-state index in [1.807, 2.05) is 23.7 Å². The minimum absolute atomic E-state index is 0.108. The minimum Gasteiger partial charge on any atom is -0.314 e. The molecule has 3 aromatic heterocycles. The van der Waals surface area contributed by atoms with Crippen molar-refractivity contribution in [1.29, 1.82) is 0 Å². The molecule has 0 spiro atoms. The number of nitrogens with one attached hydrogen (secondary N) is 1. The number of hydrogen-bond acceptors (Lipinski definition) is 4. The van der Waals surface area contributed by atoms with Crippen LogP contribution in [-0.2, 0) is 13.1 Å². The van der Waals surface area contributed by atoms with Gasteiger partial charge in [-0.25, -0.2) is 0 Å². The van der Waals surface area contributed by atoms with Crippen molar-refractivity contribution in [2.24, 2.45) is 0 Å². The molecule has 0 fully saturated rings. The van der Waals surface area contributed by atoms with Crippen LogP contribution in [0.5, 0.6) is 0 Å². The van der Waals surface area contributed by atoms with Crippen LogP contribution in [-0.4, -0.2) is 11.1 Å². The first-order chi connectivity index (χ1) is 9.34. The average molecular weight is 290 g/mol. The number of fused-ring (bicyclic) bond motifs is 1. The lowest BCUT2D eigenvalue weighted by Crippen LogP contribution is -2.26. The van der Waals surface area contributed by atoms with Crippen molar-refractivity contribution < 1.29 is 0 Å². The summed E-state index contributed by atoms with van der Waals surface area (Å²) in [5.74, 6) is 0. The predicted molar refractivity (Wildman–Crippen MR) is 82.1 cm³/mol. The Morgan fingerprint density at radius 1 is 1.16 bits per heavy atom. The van der Waals surface area contributed by atoms with E-state index in [1.165, 1.54) is 4.88 Å². The van der Waals surface area contributed by atoms with Gasteiger partial charge in [-0.1, -0.05) is 6.07 Å². The van der Waals surface area contributed by atoms with Gasteiger partial charge in [0.05, 0.1) is 5.39 Å². The molecule has 0 saturated carbocycles. The Balaban J connectivity index is 1.62. The van der Waals surface area contributed by atoms with E-state index in [9.17, 15) is 4.79 Å². The second-order valence-electron chi connectivity index (χ2n) is 4.27. The number of aromatic nitrogens is 1. The van der Waals surface area contributed by atoms with Crippen LogP contribution in [0.2, 0.25) is 0 Å². The summed E-state index contributed by atoms with van der Waals surface area (Å²) in [5, 5.41) is 8.22. The van der Waals surface area contributed by atoms with Crippen LogP contribution in [0.4, 0.5) is 0 Å². The van der Waals surface area contributed by atoms with Gasteiger partial charge in [-0.2, -0.15) is 0 Å². The van der Waals surface area contributed by atoms with E-state index in [0.717, 1.165) is 23.2 Å². The molecule has 3 aromatic rings. The molecule has 3 nitrogen and oxygen atoms in total. The van der Waals surface area contributed by atoms with Gasteiger partial charge in [-0.05, 0) is 29.0 Å². The molecular weight excluding hydrogens is 276 g/mol. The van der Waals surface area contributed by atoms with Crippen molar-refractivity contribution >= 4 is 32.8 Å². The van der Waals surface area contributed by atoms with Crippen LogP contribution in [0.25, 0.3) is 10.1 Å². The first kappa shape index (κ1) is 12.6. The molecule has 19 heavy (non-hydrogen) atoms. The summed E-state index contributed by atoms with van der Waals surface area (Å²) < 4.78 is 2.84. The van der Waals surface area contributed by atoms with Gasteiger partial charge < -0.3 is 9.88 Å². The Morgan fingerprint density at radius 2 is 2.11 bits per heavy atom. The Kier molecular flexibility index (Phi) is 3.77. The lowest BCUT2D eigenvalue weighted by molar-refractivity contribution is 0.590. The Morgan fingerprint density at radius 3 is 2.95 bits per heavy atom. The second-order valence-corrected chi connectivity index (χ2v) is 6.25. The number of hydrogen-bond donors (Lipinski definition) is 1. The summed E-state index contributed by atoms with van der Waals surface area (Å²) >= 11 is 3.35. The van der Waals surface area contributed by atoms with Crippen LogP contribution >= 0.6 is 22.7 Å². The van der Waals surface area contributed by atoms with Crippen molar-refractivity contribution in [2.75, 3.05) is 6.54 Å². The molecule has 0 radical (unpaired) electrons. The van der Waals surface area contributed by atoms with Crippen molar-refractivity contribution in [1.82, 2.24) is 9.88 Å². The van der Waals surface area contributed by atoms with E-state index in [0.29, 0.717) is 6.54 Å². The number of rotatable bonds is 5. The number of nitrogens with zero attached hydrogens (tertiary/aromatic N) is 1. The average Bonchev–Trinajstić information content (AvgIpc) is 3.08. The number of thiophene rings is 2. The van der Waals surface area contributed by atoms with E-state index >= 15 is 0 Å². The molecule has 0 aromatic carbocycles. The van der Waals surface area contributed by atoms with Gasteiger partial charge >= 0.3 is 0 Å². The SMILES string of the molecule is O=c1c2ccsc2ccn1CCNCc1cccs1. The highest BCUT2D eigenvalue weighted by Crippen LogP contribution is 2.16. The van der Waals surface area contributed by atoms with Gasteiger partial charge in [-0.3, -0.25) is 4.79 Å². The van der Waals surface area contributed by atoms with Gasteiger partial charge in [0, 0.05) is 35.4 Å². The lowest BCUT2D eigenvalue weighted by atomic mass is 10.3. The van der Waals surface area contributed by atoms with Gasteiger partial charge in [0.1, 0.15) is 0 Å². The third kappa shape index (κ3) is 2.78. The molecule has 98 valence electrons. The summed E-state index contributed by atoms with van der Waals surface area (Å²) in [4.78, 5) is 13.5. The quantitative estimate of drug-likeness (QED) is 0.733. The first-order valence-electron chi connectivity index (χ1n) is 6.14. The third-order valence-corrected chi connectivity index (χ3v) is 4.76. The fourth-order valence-electron chi connectivity index (χ4n) is 2.01. The summed E-state index contributed by atoms with van der Waals surface area (Å²) in [6, 6.07) is 8.08. The van der Waals surface area contributed by atoms with Crippen LogP contribution < -0.4 is 10.9 Å². The standard InChI is InChI=1S/C14H14N2OS2/c17-14-12-4-9-19-13(12)3-6-16(14)7-5-15-10-11-2-1-8-18-11/h1-4,6,8-9,15H,5,7,10H2. The second kappa shape index (κ2) is 5.69. The molecule has 5 heteroatoms. The zero-order chi connectivity index (χ0) is 13.1. The lowest BCUT2D eigenvalue weighted by Gasteiger charge is -2.06. The highest BCUT2D eigenvalue weighted by molar-refractivity contribution is 7.17. The summed E-state index contributed by atoms with van der Waals surface area (Å²) in [5.41, 5.74) is 0.108. The Labute approximate surface area is 119 Å². The van der Waals surface area contributed by atoms with Crippen molar-refractivity contribution in [3.63, 3.8) is 0 Å². The predicted octanol–water partition coefficient (Wildman–Crippen LogP) is 2.91. The maximum Gasteiger partial charge on any atom is 0.259 e. The van der Waals surface area contributed by atoms with E-state index in [2.05, 4.69) is 22.8 Å². The van der Waals surface area contributed by atoms with E-state index < -0.39 is 0 Å². The normalized spacial score (nSPS) is 11.2. The summed E-state index contributed by atoms with van der Waals surface area (Å²) in [6.45, 7) is 2.37. The van der Waals surface area contributed by atoms with Crippen LogP contribution in [0.15, 0.2) is 46.0 Å². The molecule has 0 unspecified atom stereocenters. The molecular formula is C14H14N2OS2. The highest BCUT2D eigenvalue weighted by atomic mass is 32.1.